The summed E-state index contributed by atoms with van der Waals surface area (Å²) in [5.74, 6) is 0.890. The maximum atomic E-state index is 12.5. The summed E-state index contributed by atoms with van der Waals surface area (Å²) in [6.07, 6.45) is 0.620. The molecule has 0 unspecified atom stereocenters. The molecule has 0 spiro atoms. The number of halogens is 2. The van der Waals surface area contributed by atoms with Crippen LogP contribution < -0.4 is 19.7 Å². The predicted octanol–water partition coefficient (Wildman–Crippen LogP) is 5.44. The molecule has 32 heavy (non-hydrogen) atoms. The van der Waals surface area contributed by atoms with Crippen molar-refractivity contribution in [2.24, 2.45) is 0 Å². The average Bonchev–Trinajstić information content (AvgIpc) is 2.79. The molecule has 164 valence electrons. The van der Waals surface area contributed by atoms with Crippen molar-refractivity contribution in [2.45, 2.75) is 6.42 Å². The maximum Gasteiger partial charge on any atom is 0.265 e. The Morgan fingerprint density at radius 2 is 1.69 bits per heavy atom. The Kier molecular flexibility index (Phi) is 6.83. The van der Waals surface area contributed by atoms with Crippen LogP contribution in [0.2, 0.25) is 10.0 Å². The summed E-state index contributed by atoms with van der Waals surface area (Å²) < 4.78 is 11.3. The Balaban J connectivity index is 1.41. The van der Waals surface area contributed by atoms with Crippen LogP contribution in [-0.4, -0.2) is 31.6 Å². The van der Waals surface area contributed by atoms with Gasteiger partial charge in [-0.15, -0.1) is 0 Å². The van der Waals surface area contributed by atoms with Crippen LogP contribution in [0, 0.1) is 0 Å². The van der Waals surface area contributed by atoms with Crippen molar-refractivity contribution in [3.8, 4) is 11.5 Å². The van der Waals surface area contributed by atoms with Crippen molar-refractivity contribution in [3.63, 3.8) is 0 Å². The molecule has 1 heterocycles. The van der Waals surface area contributed by atoms with Gasteiger partial charge < -0.3 is 19.7 Å². The fourth-order valence-corrected chi connectivity index (χ4v) is 3.53. The zero-order valence-corrected chi connectivity index (χ0v) is 18.5. The second kappa shape index (κ2) is 9.94. The van der Waals surface area contributed by atoms with Gasteiger partial charge >= 0.3 is 0 Å². The first kappa shape index (κ1) is 22.0. The molecule has 0 saturated carbocycles. The van der Waals surface area contributed by atoms with Gasteiger partial charge in [0.1, 0.15) is 11.5 Å². The van der Waals surface area contributed by atoms with Gasteiger partial charge in [0.05, 0.1) is 12.3 Å². The molecule has 0 radical (unpaired) electrons. The minimum atomic E-state index is -0.271. The zero-order chi connectivity index (χ0) is 22.5. The van der Waals surface area contributed by atoms with E-state index in [9.17, 15) is 9.59 Å². The summed E-state index contributed by atoms with van der Waals surface area (Å²) in [4.78, 5) is 26.7. The summed E-state index contributed by atoms with van der Waals surface area (Å²) in [7, 11) is 0. The standard InChI is InChI=1S/C24H20Cl2N2O4/c25-17-4-2-16(3-5-17)24(30)27-19-8-11-22-21(14-19)28(23(29)15-32-22)12-1-13-31-20-9-6-18(26)7-10-20/h2-11,14H,1,12-13,15H2,(H,27,30). The molecule has 0 saturated heterocycles. The highest BCUT2D eigenvalue weighted by atomic mass is 35.5. The number of ether oxygens (including phenoxy) is 2. The third-order valence-corrected chi connectivity index (χ3v) is 5.38. The summed E-state index contributed by atoms with van der Waals surface area (Å²) in [5.41, 5.74) is 1.65. The smallest absolute Gasteiger partial charge is 0.265 e. The molecule has 1 N–H and O–H groups in total. The average molecular weight is 471 g/mol. The van der Waals surface area contributed by atoms with Crippen LogP contribution in [0.1, 0.15) is 16.8 Å². The van der Waals surface area contributed by atoms with Gasteiger partial charge in [0.15, 0.2) is 6.61 Å². The van der Waals surface area contributed by atoms with Gasteiger partial charge in [0.2, 0.25) is 0 Å². The number of nitrogens with one attached hydrogen (secondary N) is 1. The molecular formula is C24H20Cl2N2O4. The lowest BCUT2D eigenvalue weighted by Gasteiger charge is -2.30. The summed E-state index contributed by atoms with van der Waals surface area (Å²) >= 11 is 11.8. The number of fused-ring (bicyclic) bond motifs is 1. The van der Waals surface area contributed by atoms with Gasteiger partial charge in [0.25, 0.3) is 11.8 Å². The summed E-state index contributed by atoms with van der Waals surface area (Å²) in [5, 5.41) is 4.05. The third-order valence-electron chi connectivity index (χ3n) is 4.87. The molecule has 3 aromatic rings. The van der Waals surface area contributed by atoms with E-state index < -0.39 is 0 Å². The molecule has 3 aromatic carbocycles. The molecule has 0 bridgehead atoms. The van der Waals surface area contributed by atoms with Crippen molar-refractivity contribution in [1.29, 1.82) is 0 Å². The lowest BCUT2D eigenvalue weighted by atomic mass is 10.1. The van der Waals surface area contributed by atoms with Gasteiger partial charge in [-0.2, -0.15) is 0 Å². The normalized spacial score (nSPS) is 12.7. The molecule has 8 heteroatoms. The Morgan fingerprint density at radius 1 is 1.00 bits per heavy atom. The summed E-state index contributed by atoms with van der Waals surface area (Å²) in [6.45, 7) is 0.869. The molecule has 0 atom stereocenters. The number of hydrogen-bond donors (Lipinski definition) is 1. The highest BCUT2D eigenvalue weighted by molar-refractivity contribution is 6.31. The first-order valence-corrected chi connectivity index (χ1v) is 10.8. The molecule has 4 rings (SSSR count). The number of anilines is 2. The molecular weight excluding hydrogens is 451 g/mol. The fraction of sp³-hybridized carbons (Fsp3) is 0.167. The third kappa shape index (κ3) is 5.33. The van der Waals surface area contributed by atoms with Crippen LogP contribution in [0.3, 0.4) is 0 Å². The predicted molar refractivity (Wildman–Crippen MR) is 125 cm³/mol. The van der Waals surface area contributed by atoms with E-state index in [-0.39, 0.29) is 18.4 Å². The van der Waals surface area contributed by atoms with E-state index in [1.54, 1.807) is 71.6 Å². The number of carbonyl (C=O) groups excluding carboxylic acids is 2. The quantitative estimate of drug-likeness (QED) is 0.466. The molecule has 1 aliphatic heterocycles. The van der Waals surface area contributed by atoms with Gasteiger partial charge in [-0.25, -0.2) is 0 Å². The van der Waals surface area contributed by atoms with E-state index in [1.807, 2.05) is 0 Å². The largest absolute Gasteiger partial charge is 0.494 e. The van der Waals surface area contributed by atoms with Crippen molar-refractivity contribution < 1.29 is 19.1 Å². The van der Waals surface area contributed by atoms with E-state index in [0.717, 1.165) is 5.75 Å². The number of nitrogens with zero attached hydrogens (tertiary/aromatic N) is 1. The lowest BCUT2D eigenvalue weighted by molar-refractivity contribution is -0.121. The van der Waals surface area contributed by atoms with Crippen LogP contribution in [0.25, 0.3) is 0 Å². The van der Waals surface area contributed by atoms with E-state index in [1.165, 1.54) is 0 Å². The highest BCUT2D eigenvalue weighted by Gasteiger charge is 2.25. The minimum Gasteiger partial charge on any atom is -0.494 e. The Bertz CT molecular complexity index is 1120. The minimum absolute atomic E-state index is 0.0263. The number of rotatable bonds is 7. The highest BCUT2D eigenvalue weighted by Crippen LogP contribution is 2.35. The molecule has 1 aliphatic rings. The number of amides is 2. The number of carbonyl (C=O) groups is 2. The van der Waals surface area contributed by atoms with E-state index >= 15 is 0 Å². The van der Waals surface area contributed by atoms with Gasteiger partial charge in [-0.1, -0.05) is 23.2 Å². The van der Waals surface area contributed by atoms with Crippen molar-refractivity contribution >= 4 is 46.4 Å². The van der Waals surface area contributed by atoms with E-state index in [4.69, 9.17) is 32.7 Å². The van der Waals surface area contributed by atoms with Gasteiger partial charge in [-0.3, -0.25) is 9.59 Å². The van der Waals surface area contributed by atoms with Crippen LogP contribution in [0.4, 0.5) is 11.4 Å². The number of benzene rings is 3. The molecule has 2 amide bonds. The topological polar surface area (TPSA) is 67.9 Å². The molecule has 0 aliphatic carbocycles. The fourth-order valence-electron chi connectivity index (χ4n) is 3.27. The summed E-state index contributed by atoms with van der Waals surface area (Å²) in [6, 6.07) is 19.0. The molecule has 0 fully saturated rings. The van der Waals surface area contributed by atoms with Crippen LogP contribution in [-0.2, 0) is 4.79 Å². The SMILES string of the molecule is O=C(Nc1ccc2c(c1)N(CCCOc1ccc(Cl)cc1)C(=O)CO2)c1ccc(Cl)cc1. The lowest BCUT2D eigenvalue weighted by Crippen LogP contribution is -2.39. The first-order valence-electron chi connectivity index (χ1n) is 10.0. The van der Waals surface area contributed by atoms with Gasteiger partial charge in [-0.05, 0) is 73.2 Å². The van der Waals surface area contributed by atoms with Crippen molar-refractivity contribution in [1.82, 2.24) is 0 Å². The Morgan fingerprint density at radius 3 is 2.41 bits per heavy atom. The van der Waals surface area contributed by atoms with E-state index in [2.05, 4.69) is 5.32 Å². The van der Waals surface area contributed by atoms with Crippen LogP contribution in [0.15, 0.2) is 66.7 Å². The Labute approximate surface area is 195 Å². The second-order valence-corrected chi connectivity index (χ2v) is 8.01. The molecule has 0 aromatic heterocycles. The van der Waals surface area contributed by atoms with E-state index in [0.29, 0.717) is 52.3 Å². The van der Waals surface area contributed by atoms with Crippen molar-refractivity contribution in [3.05, 3.63) is 82.3 Å². The maximum absolute atomic E-state index is 12.5. The Hall–Kier alpha value is -3.22. The molecule has 6 nitrogen and oxygen atoms in total. The monoisotopic (exact) mass is 470 g/mol. The van der Waals surface area contributed by atoms with Crippen molar-refractivity contribution in [2.75, 3.05) is 30.0 Å². The zero-order valence-electron chi connectivity index (χ0n) is 17.0. The first-order chi connectivity index (χ1) is 15.5. The second-order valence-electron chi connectivity index (χ2n) is 7.13. The van der Waals surface area contributed by atoms with Crippen LogP contribution >= 0.6 is 23.2 Å². The number of hydrogen-bond acceptors (Lipinski definition) is 4. The van der Waals surface area contributed by atoms with Crippen LogP contribution in [0.5, 0.6) is 11.5 Å². The van der Waals surface area contributed by atoms with Gasteiger partial charge in [0, 0.05) is 27.8 Å².